The van der Waals surface area contributed by atoms with Crippen LogP contribution in [0.15, 0.2) is 35.1 Å². The Morgan fingerprint density at radius 2 is 2.08 bits per heavy atom. The minimum absolute atomic E-state index is 0.209. The number of rotatable bonds is 2. The summed E-state index contributed by atoms with van der Waals surface area (Å²) >= 11 is 1.51. The number of aryl methyl sites for hydroxylation is 1. The minimum Gasteiger partial charge on any atom is -0.506 e. The van der Waals surface area contributed by atoms with Gasteiger partial charge in [0.05, 0.1) is 5.39 Å². The van der Waals surface area contributed by atoms with Gasteiger partial charge in [-0.2, -0.15) is 0 Å². The van der Waals surface area contributed by atoms with Crippen LogP contribution in [0.2, 0.25) is 0 Å². The van der Waals surface area contributed by atoms with Crippen LogP contribution in [0.25, 0.3) is 10.2 Å². The highest BCUT2D eigenvalue weighted by Crippen LogP contribution is 2.41. The predicted molar refractivity (Wildman–Crippen MR) is 99.7 cm³/mol. The molecule has 6 heteroatoms. The quantitative estimate of drug-likeness (QED) is 0.657. The number of para-hydroxylation sites is 1. The van der Waals surface area contributed by atoms with Crippen LogP contribution in [0.3, 0.4) is 0 Å². The van der Waals surface area contributed by atoms with E-state index in [0.717, 1.165) is 24.8 Å². The van der Waals surface area contributed by atoms with Crippen LogP contribution in [-0.4, -0.2) is 16.0 Å². The number of thiophene rings is 1. The molecule has 1 aromatic carbocycles. The van der Waals surface area contributed by atoms with E-state index < -0.39 is 11.5 Å². The molecule has 5 nitrogen and oxygen atoms in total. The average molecular weight is 354 g/mol. The lowest BCUT2D eigenvalue weighted by molar-refractivity contribution is 0.102. The van der Waals surface area contributed by atoms with E-state index in [4.69, 9.17) is 0 Å². The molecule has 1 amide bonds. The summed E-state index contributed by atoms with van der Waals surface area (Å²) in [5, 5.41) is 14.0. The number of aromatic hydroxyl groups is 1. The number of nitrogens with one attached hydrogen (secondary N) is 2. The Kier molecular flexibility index (Phi) is 3.84. The molecular weight excluding hydrogens is 336 g/mol. The molecule has 3 N–H and O–H groups in total. The Morgan fingerprint density at radius 1 is 1.32 bits per heavy atom. The standard InChI is InChI=1S/C19H18N2O3S/c1-10-7-8-12-13(9-10)25-19-14(12)16(22)15(18(24)21-19)17(23)20-11-5-3-2-4-6-11/h2-6,10H,7-9H2,1H3,(H,20,23)(H2,21,22,24). The second-order valence-electron chi connectivity index (χ2n) is 6.55. The van der Waals surface area contributed by atoms with Crippen molar-refractivity contribution in [3.63, 3.8) is 0 Å². The number of carbonyl (C=O) groups is 1. The van der Waals surface area contributed by atoms with E-state index in [2.05, 4.69) is 17.2 Å². The van der Waals surface area contributed by atoms with E-state index in [0.29, 0.717) is 21.8 Å². The molecule has 0 spiro atoms. The van der Waals surface area contributed by atoms with Crippen molar-refractivity contribution in [3.05, 3.63) is 56.7 Å². The fourth-order valence-electron chi connectivity index (χ4n) is 3.41. The zero-order valence-electron chi connectivity index (χ0n) is 13.8. The number of aromatic amines is 1. The zero-order valence-corrected chi connectivity index (χ0v) is 14.6. The first-order valence-electron chi connectivity index (χ1n) is 8.30. The third kappa shape index (κ3) is 2.72. The van der Waals surface area contributed by atoms with Crippen LogP contribution in [0, 0.1) is 5.92 Å². The highest BCUT2D eigenvalue weighted by molar-refractivity contribution is 7.18. The molecule has 128 valence electrons. The van der Waals surface area contributed by atoms with Gasteiger partial charge in [0.1, 0.15) is 16.1 Å². The van der Waals surface area contributed by atoms with Gasteiger partial charge in [-0.15, -0.1) is 11.3 Å². The van der Waals surface area contributed by atoms with Crippen molar-refractivity contribution >= 4 is 33.1 Å². The summed E-state index contributed by atoms with van der Waals surface area (Å²) in [5.41, 5.74) is 0.855. The van der Waals surface area contributed by atoms with Crippen LogP contribution in [-0.2, 0) is 12.8 Å². The van der Waals surface area contributed by atoms with Gasteiger partial charge in [0, 0.05) is 10.6 Å². The molecular formula is C19H18N2O3S. The van der Waals surface area contributed by atoms with Gasteiger partial charge in [0.25, 0.3) is 11.5 Å². The second-order valence-corrected chi connectivity index (χ2v) is 7.66. The molecule has 2 heterocycles. The highest BCUT2D eigenvalue weighted by atomic mass is 32.1. The number of aromatic nitrogens is 1. The SMILES string of the molecule is CC1CCc2c(sc3[nH]c(=O)c(C(=O)Nc4ccccc4)c(O)c23)C1. The number of hydrogen-bond donors (Lipinski definition) is 3. The molecule has 0 bridgehead atoms. The molecule has 1 aliphatic carbocycles. The molecule has 0 fully saturated rings. The van der Waals surface area contributed by atoms with Crippen molar-refractivity contribution in [2.75, 3.05) is 5.32 Å². The third-order valence-corrected chi connectivity index (χ3v) is 5.87. The minimum atomic E-state index is -0.601. The molecule has 0 saturated heterocycles. The molecule has 1 aliphatic rings. The number of benzene rings is 1. The summed E-state index contributed by atoms with van der Waals surface area (Å²) in [5.74, 6) is -0.217. The van der Waals surface area contributed by atoms with Gasteiger partial charge >= 0.3 is 0 Å². The summed E-state index contributed by atoms with van der Waals surface area (Å²) in [6.45, 7) is 2.20. The number of pyridine rings is 1. The lowest BCUT2D eigenvalue weighted by Gasteiger charge is -2.18. The Hall–Kier alpha value is -2.60. The van der Waals surface area contributed by atoms with E-state index in [-0.39, 0.29) is 11.3 Å². The number of anilines is 1. The number of amides is 1. The van der Waals surface area contributed by atoms with Crippen LogP contribution >= 0.6 is 11.3 Å². The van der Waals surface area contributed by atoms with Gasteiger partial charge in [0.2, 0.25) is 0 Å². The first-order valence-corrected chi connectivity index (χ1v) is 9.12. The molecule has 0 saturated carbocycles. The summed E-state index contributed by atoms with van der Waals surface area (Å²) < 4.78 is 0. The maximum atomic E-state index is 12.6. The third-order valence-electron chi connectivity index (χ3n) is 4.70. The summed E-state index contributed by atoms with van der Waals surface area (Å²) in [7, 11) is 0. The second kappa shape index (κ2) is 6.04. The van der Waals surface area contributed by atoms with E-state index >= 15 is 0 Å². The number of carbonyl (C=O) groups excluding carboxylic acids is 1. The van der Waals surface area contributed by atoms with E-state index in [9.17, 15) is 14.7 Å². The monoisotopic (exact) mass is 354 g/mol. The molecule has 2 aromatic heterocycles. The molecule has 3 aromatic rings. The fraction of sp³-hybridized carbons (Fsp3) is 0.263. The van der Waals surface area contributed by atoms with Crippen molar-refractivity contribution in [2.45, 2.75) is 26.2 Å². The van der Waals surface area contributed by atoms with Crippen LogP contribution in [0.5, 0.6) is 5.75 Å². The van der Waals surface area contributed by atoms with E-state index in [1.807, 2.05) is 6.07 Å². The zero-order chi connectivity index (χ0) is 17.6. The Labute approximate surface area is 148 Å². The molecule has 1 unspecified atom stereocenters. The highest BCUT2D eigenvalue weighted by Gasteiger charge is 2.27. The summed E-state index contributed by atoms with van der Waals surface area (Å²) in [6, 6.07) is 8.88. The lowest BCUT2D eigenvalue weighted by Crippen LogP contribution is -2.23. The average Bonchev–Trinajstić information content (AvgIpc) is 2.92. The smallest absolute Gasteiger partial charge is 0.265 e. The Bertz CT molecular complexity index is 1020. The molecule has 4 rings (SSSR count). The van der Waals surface area contributed by atoms with Crippen LogP contribution < -0.4 is 10.9 Å². The first kappa shape index (κ1) is 15.9. The number of fused-ring (bicyclic) bond motifs is 3. The maximum absolute atomic E-state index is 12.6. The fourth-order valence-corrected chi connectivity index (χ4v) is 4.82. The predicted octanol–water partition coefficient (Wildman–Crippen LogP) is 3.67. The molecule has 0 aliphatic heterocycles. The van der Waals surface area contributed by atoms with Gasteiger partial charge in [0.15, 0.2) is 0 Å². The normalized spacial score (nSPS) is 16.6. The van der Waals surface area contributed by atoms with Gasteiger partial charge in [-0.25, -0.2) is 0 Å². The van der Waals surface area contributed by atoms with E-state index in [1.54, 1.807) is 24.3 Å². The molecule has 25 heavy (non-hydrogen) atoms. The maximum Gasteiger partial charge on any atom is 0.265 e. The van der Waals surface area contributed by atoms with E-state index in [1.165, 1.54) is 16.2 Å². The van der Waals surface area contributed by atoms with Crippen molar-refractivity contribution in [1.29, 1.82) is 0 Å². The van der Waals surface area contributed by atoms with Crippen molar-refractivity contribution in [1.82, 2.24) is 4.98 Å². The van der Waals surface area contributed by atoms with Gasteiger partial charge < -0.3 is 15.4 Å². The Balaban J connectivity index is 1.82. The Morgan fingerprint density at radius 3 is 2.84 bits per heavy atom. The van der Waals surface area contributed by atoms with Gasteiger partial charge in [-0.3, -0.25) is 9.59 Å². The van der Waals surface area contributed by atoms with Crippen LogP contribution in [0.1, 0.15) is 34.1 Å². The number of hydrogen-bond acceptors (Lipinski definition) is 4. The first-order chi connectivity index (χ1) is 12.0. The van der Waals surface area contributed by atoms with Gasteiger partial charge in [-0.05, 0) is 42.9 Å². The van der Waals surface area contributed by atoms with Crippen LogP contribution in [0.4, 0.5) is 5.69 Å². The van der Waals surface area contributed by atoms with Gasteiger partial charge in [-0.1, -0.05) is 25.1 Å². The summed E-state index contributed by atoms with van der Waals surface area (Å²) in [4.78, 5) is 29.6. The lowest BCUT2D eigenvalue weighted by atomic mass is 9.89. The van der Waals surface area contributed by atoms with Crippen molar-refractivity contribution in [2.24, 2.45) is 5.92 Å². The molecule has 0 radical (unpaired) electrons. The topological polar surface area (TPSA) is 82.2 Å². The number of H-pyrrole nitrogens is 1. The summed E-state index contributed by atoms with van der Waals surface area (Å²) in [6.07, 6.45) is 2.85. The van der Waals surface area contributed by atoms with Crippen molar-refractivity contribution < 1.29 is 9.90 Å². The molecule has 1 atom stereocenters. The van der Waals surface area contributed by atoms with Crippen molar-refractivity contribution in [3.8, 4) is 5.75 Å². The largest absolute Gasteiger partial charge is 0.506 e.